The van der Waals surface area contributed by atoms with Gasteiger partial charge in [0.15, 0.2) is 0 Å². The summed E-state index contributed by atoms with van der Waals surface area (Å²) in [6, 6.07) is 0. The van der Waals surface area contributed by atoms with Gasteiger partial charge in [-0.1, -0.05) is 0 Å². The highest BCUT2D eigenvalue weighted by molar-refractivity contribution is 7.69. The minimum atomic E-state index is -0.810. The lowest BCUT2D eigenvalue weighted by molar-refractivity contribution is 0.606. The van der Waals surface area contributed by atoms with Gasteiger partial charge in [0.2, 0.25) is 0 Å². The summed E-state index contributed by atoms with van der Waals surface area (Å²) in [6.07, 6.45) is 0. The molecule has 30 valence electrons. The average Bonchev–Trinajstić information content (AvgIpc) is 1.38. The van der Waals surface area contributed by atoms with Crippen molar-refractivity contribution in [3.8, 4) is 0 Å². The van der Waals surface area contributed by atoms with E-state index in [2.05, 4.69) is 0 Å². The van der Waals surface area contributed by atoms with Crippen molar-refractivity contribution in [2.24, 2.45) is 0 Å². The van der Waals surface area contributed by atoms with E-state index in [4.69, 9.17) is 23.2 Å². The van der Waals surface area contributed by atoms with Crippen molar-refractivity contribution in [1.29, 1.82) is 0 Å². The van der Waals surface area contributed by atoms with Crippen LogP contribution in [0.4, 0.5) is 0 Å². The molecule has 0 aliphatic carbocycles. The number of rotatable bonds is 1. The Morgan fingerprint density at radius 3 is 1.80 bits per heavy atom. The first-order chi connectivity index (χ1) is 2.27. The Bertz CT molecular complexity index is 36.6. The maximum absolute atomic E-state index is 9.28. The number of hydrogen-bond donors (Lipinski definition) is 0. The Kier molecular flexibility index (Phi) is 3.16. The second-order valence-corrected chi connectivity index (χ2v) is 2.63. The van der Waals surface area contributed by atoms with E-state index in [1.54, 1.807) is 0 Å². The first kappa shape index (κ1) is 5.60. The summed E-state index contributed by atoms with van der Waals surface area (Å²) in [5, 5.41) is 0. The van der Waals surface area contributed by atoms with Gasteiger partial charge in [-0.3, -0.25) is 0 Å². The Hall–Kier alpha value is 0.600. The molecule has 0 radical (unpaired) electrons. The van der Waals surface area contributed by atoms with Gasteiger partial charge in [-0.2, -0.15) is 0 Å². The summed E-state index contributed by atoms with van der Waals surface area (Å²) < 4.78 is 8.47. The van der Waals surface area contributed by atoms with Crippen LogP contribution in [0, 0.1) is 0 Å². The molecule has 0 bridgehead atoms. The molecule has 0 aromatic rings. The first-order valence-corrected chi connectivity index (χ1v) is 2.52. The van der Waals surface area contributed by atoms with Gasteiger partial charge in [0.25, 0.3) is 0 Å². The van der Waals surface area contributed by atoms with Crippen LogP contribution in [-0.2, 0) is 15.9 Å². The lowest BCUT2D eigenvalue weighted by atomic mass is 11.9. The maximum atomic E-state index is 9.28. The maximum Gasteiger partial charge on any atom is 0.497 e. The molecular formula is CHCl2OS+. The van der Waals surface area contributed by atoms with Gasteiger partial charge in [-0.05, 0) is 23.2 Å². The highest BCUT2D eigenvalue weighted by Gasteiger charge is 2.08. The van der Waals surface area contributed by atoms with Gasteiger partial charge in [-0.25, -0.2) is 0 Å². The lowest BCUT2D eigenvalue weighted by Gasteiger charge is -1.53. The van der Waals surface area contributed by atoms with E-state index in [-0.39, 0.29) is 11.7 Å². The van der Waals surface area contributed by atoms with Crippen molar-refractivity contribution in [2.75, 3.05) is 0 Å². The molecular weight excluding hydrogens is 131 g/mol. The standard InChI is InChI=1S/CHCl2OS/c2-1(3)5-4/h1H/q+1. The number of hydrogen-bond acceptors (Lipinski definition) is 1. The molecule has 0 aliphatic heterocycles. The van der Waals surface area contributed by atoms with Crippen LogP contribution in [0.5, 0.6) is 0 Å². The smallest absolute Gasteiger partial charge is 0.0321 e. The molecule has 0 N–H and O–H groups in total. The van der Waals surface area contributed by atoms with Crippen LogP contribution in [0.2, 0.25) is 0 Å². The Morgan fingerprint density at radius 1 is 1.60 bits per heavy atom. The summed E-state index contributed by atoms with van der Waals surface area (Å²) in [7, 11) is 0. The molecule has 0 rings (SSSR count). The van der Waals surface area contributed by atoms with Crippen LogP contribution in [0.25, 0.3) is 0 Å². The van der Waals surface area contributed by atoms with Gasteiger partial charge < -0.3 is 0 Å². The largest absolute Gasteiger partial charge is 0.497 e. The predicted octanol–water partition coefficient (Wildman–Crippen LogP) is 1.18. The fourth-order valence-electron chi connectivity index (χ4n) is 0. The summed E-state index contributed by atoms with van der Waals surface area (Å²) in [5.41, 5.74) is 0. The molecule has 0 aromatic heterocycles. The second kappa shape index (κ2) is 2.82. The van der Waals surface area contributed by atoms with Crippen LogP contribution >= 0.6 is 23.2 Å². The van der Waals surface area contributed by atoms with E-state index in [0.717, 1.165) is 0 Å². The van der Waals surface area contributed by atoms with Crippen LogP contribution in [0.15, 0.2) is 0 Å². The first-order valence-electron chi connectivity index (χ1n) is 0.839. The molecule has 5 heavy (non-hydrogen) atoms. The molecule has 4 heteroatoms. The van der Waals surface area contributed by atoms with Crippen molar-refractivity contribution in [2.45, 2.75) is 4.17 Å². The third kappa shape index (κ3) is 4.60. The van der Waals surface area contributed by atoms with Crippen molar-refractivity contribution in [3.63, 3.8) is 0 Å². The van der Waals surface area contributed by atoms with E-state index in [0.29, 0.717) is 0 Å². The summed E-state index contributed by atoms with van der Waals surface area (Å²) in [4.78, 5) is 0. The minimum Gasteiger partial charge on any atom is -0.0321 e. The van der Waals surface area contributed by atoms with Crippen LogP contribution in [0.1, 0.15) is 0 Å². The minimum absolute atomic E-state index is 0.160. The molecule has 0 fully saturated rings. The molecule has 0 aliphatic rings. The molecule has 0 amide bonds. The van der Waals surface area contributed by atoms with Gasteiger partial charge in [0.1, 0.15) is 0 Å². The van der Waals surface area contributed by atoms with Crippen LogP contribution in [-0.4, -0.2) is 4.17 Å². The van der Waals surface area contributed by atoms with Gasteiger partial charge in [-0.15, -0.1) is 0 Å². The zero-order valence-electron chi connectivity index (χ0n) is 2.15. The number of alkyl halides is 2. The third-order valence-corrected chi connectivity index (χ3v) is 0.655. The highest BCUT2D eigenvalue weighted by atomic mass is 35.5. The Balaban J connectivity index is 2.83. The molecule has 0 saturated heterocycles. The molecule has 0 heterocycles. The zero-order valence-corrected chi connectivity index (χ0v) is 4.48. The summed E-state index contributed by atoms with van der Waals surface area (Å²) in [5.74, 6) is 0. The van der Waals surface area contributed by atoms with E-state index in [1.165, 1.54) is 0 Å². The Morgan fingerprint density at radius 2 is 1.80 bits per heavy atom. The van der Waals surface area contributed by atoms with Gasteiger partial charge >= 0.3 is 15.8 Å². The summed E-state index contributed by atoms with van der Waals surface area (Å²) in [6.45, 7) is 0. The molecule has 0 saturated carbocycles. The van der Waals surface area contributed by atoms with E-state index >= 15 is 0 Å². The highest BCUT2D eigenvalue weighted by Crippen LogP contribution is 1.96. The lowest BCUT2D eigenvalue weighted by Crippen LogP contribution is -1.73. The topological polar surface area (TPSA) is 17.1 Å². The zero-order chi connectivity index (χ0) is 4.28. The van der Waals surface area contributed by atoms with Crippen LogP contribution in [0.3, 0.4) is 0 Å². The monoisotopic (exact) mass is 131 g/mol. The second-order valence-electron chi connectivity index (χ2n) is 0.357. The van der Waals surface area contributed by atoms with Gasteiger partial charge in [0.05, 0.1) is 0 Å². The molecule has 0 atom stereocenters. The third-order valence-electron chi connectivity index (χ3n) is 0.0727. The van der Waals surface area contributed by atoms with E-state index in [9.17, 15) is 4.21 Å². The van der Waals surface area contributed by atoms with Crippen molar-refractivity contribution >= 4 is 34.9 Å². The van der Waals surface area contributed by atoms with E-state index < -0.39 is 4.17 Å². The van der Waals surface area contributed by atoms with Gasteiger partial charge in [0, 0.05) is 4.21 Å². The van der Waals surface area contributed by atoms with Crippen LogP contribution < -0.4 is 0 Å². The van der Waals surface area contributed by atoms with E-state index in [1.807, 2.05) is 0 Å². The summed E-state index contributed by atoms with van der Waals surface area (Å²) >= 11 is 9.92. The van der Waals surface area contributed by atoms with Crippen molar-refractivity contribution < 1.29 is 4.21 Å². The number of halogens is 2. The fraction of sp³-hybridized carbons (Fsp3) is 1.00. The fourth-order valence-corrected chi connectivity index (χ4v) is 0. The molecule has 1 nitrogen and oxygen atoms in total. The van der Waals surface area contributed by atoms with Crippen molar-refractivity contribution in [3.05, 3.63) is 0 Å². The normalized spacial score (nSPS) is 8.60. The average molecular weight is 132 g/mol. The predicted molar refractivity (Wildman–Crippen MR) is 23.5 cm³/mol. The SMILES string of the molecule is O=[S+]C(Cl)Cl. The molecule has 0 spiro atoms. The molecule has 0 aromatic carbocycles. The van der Waals surface area contributed by atoms with Crippen molar-refractivity contribution in [1.82, 2.24) is 0 Å². The quantitative estimate of drug-likeness (QED) is 0.386. The Labute approximate surface area is 43.8 Å². The molecule has 0 unspecified atom stereocenters.